The van der Waals surface area contributed by atoms with Gasteiger partial charge in [0, 0.05) is 5.02 Å². The van der Waals surface area contributed by atoms with Crippen LogP contribution in [0.3, 0.4) is 0 Å². The highest BCUT2D eigenvalue weighted by atomic mass is 35.5. The third kappa shape index (κ3) is 2.71. The van der Waals surface area contributed by atoms with Gasteiger partial charge in [-0.25, -0.2) is 0 Å². The van der Waals surface area contributed by atoms with E-state index >= 15 is 0 Å². The lowest BCUT2D eigenvalue weighted by Crippen LogP contribution is -2.09. The van der Waals surface area contributed by atoms with E-state index < -0.39 is 0 Å². The fraction of sp³-hybridized carbons (Fsp3) is 0.455. The molecule has 0 radical (unpaired) electrons. The molecule has 1 unspecified atom stereocenters. The van der Waals surface area contributed by atoms with E-state index in [1.54, 1.807) is 0 Å². The highest BCUT2D eigenvalue weighted by Crippen LogP contribution is 2.21. The van der Waals surface area contributed by atoms with Crippen LogP contribution in [-0.2, 0) is 6.42 Å². The molecule has 0 aliphatic rings. The quantitative estimate of drug-likeness (QED) is 0.792. The third-order valence-corrected chi connectivity index (χ3v) is 2.53. The molecule has 13 heavy (non-hydrogen) atoms. The standard InChI is InChI=1S/C11H16ClN/c1-3-9-4-10(8(2)7-13)6-11(12)5-9/h4-6,8H,3,7,13H2,1-2H3. The van der Waals surface area contributed by atoms with Crippen molar-refractivity contribution in [1.82, 2.24) is 0 Å². The summed E-state index contributed by atoms with van der Waals surface area (Å²) in [5, 5.41) is 0.814. The van der Waals surface area contributed by atoms with Gasteiger partial charge < -0.3 is 5.73 Å². The molecule has 1 nitrogen and oxygen atoms in total. The van der Waals surface area contributed by atoms with Crippen molar-refractivity contribution in [3.8, 4) is 0 Å². The molecule has 1 aromatic carbocycles. The fourth-order valence-corrected chi connectivity index (χ4v) is 1.57. The molecule has 0 aliphatic heterocycles. The summed E-state index contributed by atoms with van der Waals surface area (Å²) in [4.78, 5) is 0. The van der Waals surface area contributed by atoms with Crippen molar-refractivity contribution in [2.45, 2.75) is 26.2 Å². The summed E-state index contributed by atoms with van der Waals surface area (Å²) >= 11 is 5.99. The normalized spacial score (nSPS) is 12.9. The molecule has 0 saturated carbocycles. The van der Waals surface area contributed by atoms with Crippen molar-refractivity contribution >= 4 is 11.6 Å². The predicted octanol–water partition coefficient (Wildman–Crippen LogP) is 2.96. The van der Waals surface area contributed by atoms with Crippen molar-refractivity contribution in [2.24, 2.45) is 5.73 Å². The second-order valence-corrected chi connectivity index (χ2v) is 3.82. The third-order valence-electron chi connectivity index (χ3n) is 2.31. The smallest absolute Gasteiger partial charge is 0.0411 e. The van der Waals surface area contributed by atoms with Crippen molar-refractivity contribution in [1.29, 1.82) is 0 Å². The summed E-state index contributed by atoms with van der Waals surface area (Å²) in [6, 6.07) is 6.19. The van der Waals surface area contributed by atoms with Gasteiger partial charge in [-0.05, 0) is 42.1 Å². The van der Waals surface area contributed by atoms with E-state index in [2.05, 4.69) is 19.9 Å². The van der Waals surface area contributed by atoms with Gasteiger partial charge in [0.1, 0.15) is 0 Å². The number of benzene rings is 1. The zero-order valence-corrected chi connectivity index (χ0v) is 8.93. The Morgan fingerprint density at radius 2 is 2.08 bits per heavy atom. The molecule has 0 bridgehead atoms. The Balaban J connectivity index is 3.01. The van der Waals surface area contributed by atoms with Crippen LogP contribution in [0.4, 0.5) is 0 Å². The molecule has 0 amide bonds. The summed E-state index contributed by atoms with van der Waals surface area (Å²) < 4.78 is 0. The highest BCUT2D eigenvalue weighted by molar-refractivity contribution is 6.30. The van der Waals surface area contributed by atoms with E-state index in [1.165, 1.54) is 11.1 Å². The van der Waals surface area contributed by atoms with Crippen LogP contribution in [-0.4, -0.2) is 6.54 Å². The van der Waals surface area contributed by atoms with Crippen LogP contribution in [0.1, 0.15) is 30.9 Å². The van der Waals surface area contributed by atoms with E-state index in [0.717, 1.165) is 11.4 Å². The number of hydrogen-bond acceptors (Lipinski definition) is 1. The molecule has 0 fully saturated rings. The average Bonchev–Trinajstić information content (AvgIpc) is 2.15. The summed E-state index contributed by atoms with van der Waals surface area (Å²) in [6.07, 6.45) is 1.02. The second kappa shape index (κ2) is 4.64. The molecule has 72 valence electrons. The number of aryl methyl sites for hydroxylation is 1. The van der Waals surface area contributed by atoms with Gasteiger partial charge in [-0.2, -0.15) is 0 Å². The Morgan fingerprint density at radius 1 is 1.38 bits per heavy atom. The van der Waals surface area contributed by atoms with Gasteiger partial charge in [0.05, 0.1) is 0 Å². The lowest BCUT2D eigenvalue weighted by Gasteiger charge is -2.10. The molecule has 0 heterocycles. The van der Waals surface area contributed by atoms with Gasteiger partial charge >= 0.3 is 0 Å². The van der Waals surface area contributed by atoms with Crippen LogP contribution >= 0.6 is 11.6 Å². The molecule has 0 spiro atoms. The second-order valence-electron chi connectivity index (χ2n) is 3.38. The van der Waals surface area contributed by atoms with Gasteiger partial charge in [0.25, 0.3) is 0 Å². The Bertz CT molecular complexity index is 283. The van der Waals surface area contributed by atoms with Gasteiger partial charge in [-0.3, -0.25) is 0 Å². The first-order valence-corrected chi connectivity index (χ1v) is 5.04. The first kappa shape index (κ1) is 10.6. The van der Waals surface area contributed by atoms with Crippen molar-refractivity contribution < 1.29 is 0 Å². The molecule has 1 aromatic rings. The minimum Gasteiger partial charge on any atom is -0.330 e. The van der Waals surface area contributed by atoms with E-state index in [4.69, 9.17) is 17.3 Å². The van der Waals surface area contributed by atoms with Crippen molar-refractivity contribution in [2.75, 3.05) is 6.54 Å². The number of hydrogen-bond donors (Lipinski definition) is 1. The zero-order chi connectivity index (χ0) is 9.84. The molecule has 0 aromatic heterocycles. The van der Waals surface area contributed by atoms with Gasteiger partial charge in [0.15, 0.2) is 0 Å². The topological polar surface area (TPSA) is 26.0 Å². The first-order valence-electron chi connectivity index (χ1n) is 4.66. The first-order chi connectivity index (χ1) is 6.17. The van der Waals surface area contributed by atoms with Crippen LogP contribution in [0.25, 0.3) is 0 Å². The molecular formula is C11H16ClN. The molecule has 2 N–H and O–H groups in total. The van der Waals surface area contributed by atoms with Crippen LogP contribution in [0, 0.1) is 0 Å². The average molecular weight is 198 g/mol. The van der Waals surface area contributed by atoms with Gasteiger partial charge in [-0.1, -0.05) is 31.5 Å². The van der Waals surface area contributed by atoms with E-state index in [9.17, 15) is 0 Å². The SMILES string of the molecule is CCc1cc(Cl)cc(C(C)CN)c1. The molecule has 0 aliphatic carbocycles. The molecule has 2 heteroatoms. The highest BCUT2D eigenvalue weighted by Gasteiger charge is 2.05. The Hall–Kier alpha value is -0.530. The van der Waals surface area contributed by atoms with Gasteiger partial charge in [0.2, 0.25) is 0 Å². The predicted molar refractivity (Wildman–Crippen MR) is 58.3 cm³/mol. The molecule has 1 rings (SSSR count). The van der Waals surface area contributed by atoms with Crippen LogP contribution in [0.15, 0.2) is 18.2 Å². The van der Waals surface area contributed by atoms with Crippen molar-refractivity contribution in [3.63, 3.8) is 0 Å². The Labute approximate surface area is 84.9 Å². The summed E-state index contributed by atoms with van der Waals surface area (Å²) in [6.45, 7) is 4.91. The molecule has 0 saturated heterocycles. The molecular weight excluding hydrogens is 182 g/mol. The Morgan fingerprint density at radius 3 is 2.62 bits per heavy atom. The van der Waals surface area contributed by atoms with E-state index in [0.29, 0.717) is 12.5 Å². The minimum atomic E-state index is 0.393. The maximum absolute atomic E-state index is 5.99. The Kier molecular flexibility index (Phi) is 3.76. The van der Waals surface area contributed by atoms with Crippen molar-refractivity contribution in [3.05, 3.63) is 34.3 Å². The summed E-state index contributed by atoms with van der Waals surface area (Å²) in [5.74, 6) is 0.393. The van der Waals surface area contributed by atoms with E-state index in [1.807, 2.05) is 12.1 Å². The minimum absolute atomic E-state index is 0.393. The monoisotopic (exact) mass is 197 g/mol. The van der Waals surface area contributed by atoms with Gasteiger partial charge in [-0.15, -0.1) is 0 Å². The maximum atomic E-state index is 5.99. The number of halogens is 1. The van der Waals surface area contributed by atoms with Crippen LogP contribution < -0.4 is 5.73 Å². The summed E-state index contributed by atoms with van der Waals surface area (Å²) in [7, 11) is 0. The maximum Gasteiger partial charge on any atom is 0.0411 e. The van der Waals surface area contributed by atoms with Crippen LogP contribution in [0.2, 0.25) is 5.02 Å². The number of rotatable bonds is 3. The lowest BCUT2D eigenvalue weighted by atomic mass is 9.98. The lowest BCUT2D eigenvalue weighted by molar-refractivity contribution is 0.772. The molecule has 1 atom stereocenters. The fourth-order valence-electron chi connectivity index (χ4n) is 1.30. The number of nitrogens with two attached hydrogens (primary N) is 1. The summed E-state index contributed by atoms with van der Waals surface area (Å²) in [5.41, 5.74) is 8.13. The largest absolute Gasteiger partial charge is 0.330 e. The van der Waals surface area contributed by atoms with Crippen LogP contribution in [0.5, 0.6) is 0 Å². The zero-order valence-electron chi connectivity index (χ0n) is 8.18. The van der Waals surface area contributed by atoms with E-state index in [-0.39, 0.29) is 0 Å².